The monoisotopic (exact) mass is 352 g/mol. The molecule has 8 heteroatoms. The number of tetrazole rings is 1. The van der Waals surface area contributed by atoms with Gasteiger partial charge in [0.1, 0.15) is 11.8 Å². The molecule has 8 nitrogen and oxygen atoms in total. The molecule has 0 aliphatic heterocycles. The Labute approximate surface area is 151 Å². The van der Waals surface area contributed by atoms with E-state index in [-0.39, 0.29) is 5.91 Å². The van der Waals surface area contributed by atoms with Crippen LogP contribution in [-0.2, 0) is 4.79 Å². The third-order valence-electron chi connectivity index (χ3n) is 3.91. The molecule has 2 aromatic carbocycles. The molecule has 0 aliphatic carbocycles. The molecule has 0 saturated carbocycles. The first-order chi connectivity index (χ1) is 12.7. The molecule has 0 fully saturated rings. The Kier molecular flexibility index (Phi) is 5.43. The topological polar surface area (TPSA) is 105 Å². The average molecular weight is 352 g/mol. The molecule has 3 N–H and O–H groups in total. The van der Waals surface area contributed by atoms with Crippen LogP contribution in [0, 0.1) is 0 Å². The smallest absolute Gasteiger partial charge is 0.246 e. The van der Waals surface area contributed by atoms with Crippen molar-refractivity contribution in [3.8, 4) is 17.1 Å². The minimum atomic E-state index is -0.402. The van der Waals surface area contributed by atoms with Crippen molar-refractivity contribution in [2.24, 2.45) is 0 Å². The summed E-state index contributed by atoms with van der Waals surface area (Å²) >= 11 is 0. The SMILES string of the molecule is CC[C@@H](Nc1cccc(OC)c1)C(=O)Nc1ccccc1-c1nn[nH]n1. The Morgan fingerprint density at radius 3 is 2.81 bits per heavy atom. The predicted octanol–water partition coefficient (Wildman–Crippen LogP) is 2.70. The minimum absolute atomic E-state index is 0.147. The summed E-state index contributed by atoms with van der Waals surface area (Å²) in [5, 5.41) is 20.1. The van der Waals surface area contributed by atoms with Gasteiger partial charge in [-0.1, -0.05) is 25.1 Å². The van der Waals surface area contributed by atoms with E-state index in [2.05, 4.69) is 31.3 Å². The van der Waals surface area contributed by atoms with Gasteiger partial charge in [-0.15, -0.1) is 10.2 Å². The molecule has 1 atom stereocenters. The van der Waals surface area contributed by atoms with Gasteiger partial charge in [-0.25, -0.2) is 0 Å². The van der Waals surface area contributed by atoms with Gasteiger partial charge in [0, 0.05) is 17.3 Å². The van der Waals surface area contributed by atoms with E-state index in [0.29, 0.717) is 23.5 Å². The van der Waals surface area contributed by atoms with Crippen molar-refractivity contribution in [1.29, 1.82) is 0 Å². The number of anilines is 2. The lowest BCUT2D eigenvalue weighted by Gasteiger charge is -2.19. The van der Waals surface area contributed by atoms with Gasteiger partial charge in [-0.2, -0.15) is 5.21 Å². The molecule has 3 rings (SSSR count). The summed E-state index contributed by atoms with van der Waals surface area (Å²) in [7, 11) is 1.61. The van der Waals surface area contributed by atoms with Crippen LogP contribution in [0.3, 0.4) is 0 Å². The van der Waals surface area contributed by atoms with Gasteiger partial charge in [0.2, 0.25) is 11.7 Å². The molecule has 1 heterocycles. The molecule has 0 spiro atoms. The van der Waals surface area contributed by atoms with Crippen molar-refractivity contribution in [3.63, 3.8) is 0 Å². The van der Waals surface area contributed by atoms with Crippen LogP contribution < -0.4 is 15.4 Å². The quantitative estimate of drug-likeness (QED) is 0.604. The second-order valence-corrected chi connectivity index (χ2v) is 5.61. The summed E-state index contributed by atoms with van der Waals surface area (Å²) in [6.45, 7) is 1.95. The van der Waals surface area contributed by atoms with Crippen LogP contribution in [0.25, 0.3) is 11.4 Å². The van der Waals surface area contributed by atoms with Crippen LogP contribution in [0.15, 0.2) is 48.5 Å². The zero-order valence-electron chi connectivity index (χ0n) is 14.6. The van der Waals surface area contributed by atoms with Gasteiger partial charge in [-0.05, 0) is 35.9 Å². The number of benzene rings is 2. The molecule has 0 saturated heterocycles. The number of nitrogens with one attached hydrogen (secondary N) is 3. The van der Waals surface area contributed by atoms with E-state index >= 15 is 0 Å². The first-order valence-electron chi connectivity index (χ1n) is 8.25. The minimum Gasteiger partial charge on any atom is -0.497 e. The van der Waals surface area contributed by atoms with Crippen LogP contribution in [0.5, 0.6) is 5.75 Å². The number of H-pyrrole nitrogens is 1. The van der Waals surface area contributed by atoms with Crippen molar-refractivity contribution in [3.05, 3.63) is 48.5 Å². The third kappa shape index (κ3) is 3.97. The summed E-state index contributed by atoms with van der Waals surface area (Å²) in [5.74, 6) is 1.01. The number of carbonyl (C=O) groups excluding carboxylic acids is 1. The highest BCUT2D eigenvalue weighted by atomic mass is 16.5. The number of aromatic nitrogens is 4. The number of hydrogen-bond donors (Lipinski definition) is 3. The highest BCUT2D eigenvalue weighted by Crippen LogP contribution is 2.25. The highest BCUT2D eigenvalue weighted by Gasteiger charge is 2.19. The molecule has 1 amide bonds. The first-order valence-corrected chi connectivity index (χ1v) is 8.25. The number of methoxy groups -OCH3 is 1. The first kappa shape index (κ1) is 17.4. The fourth-order valence-corrected chi connectivity index (χ4v) is 2.55. The van der Waals surface area contributed by atoms with Crippen molar-refractivity contribution < 1.29 is 9.53 Å². The number of rotatable bonds is 7. The number of para-hydroxylation sites is 1. The second-order valence-electron chi connectivity index (χ2n) is 5.61. The van der Waals surface area contributed by atoms with Crippen LogP contribution >= 0.6 is 0 Å². The highest BCUT2D eigenvalue weighted by molar-refractivity contribution is 5.99. The molecule has 26 heavy (non-hydrogen) atoms. The summed E-state index contributed by atoms with van der Waals surface area (Å²) < 4.78 is 5.22. The molecule has 0 unspecified atom stereocenters. The van der Waals surface area contributed by atoms with Gasteiger partial charge in [0.25, 0.3) is 0 Å². The van der Waals surface area contributed by atoms with Gasteiger partial charge in [0.05, 0.1) is 12.8 Å². The zero-order valence-corrected chi connectivity index (χ0v) is 14.6. The maximum atomic E-state index is 12.8. The Morgan fingerprint density at radius 2 is 2.08 bits per heavy atom. The predicted molar refractivity (Wildman–Crippen MR) is 98.9 cm³/mol. The van der Waals surface area contributed by atoms with Crippen molar-refractivity contribution in [1.82, 2.24) is 20.6 Å². The zero-order chi connectivity index (χ0) is 18.4. The molecule has 1 aromatic heterocycles. The Morgan fingerprint density at radius 1 is 1.23 bits per heavy atom. The van der Waals surface area contributed by atoms with E-state index in [9.17, 15) is 4.79 Å². The van der Waals surface area contributed by atoms with E-state index in [4.69, 9.17) is 4.74 Å². The number of ether oxygens (including phenoxy) is 1. The van der Waals surface area contributed by atoms with Crippen LogP contribution in [0.2, 0.25) is 0 Å². The standard InChI is InChI=1S/C18H20N6O2/c1-3-15(19-12-7-6-8-13(11-12)26-2)18(25)20-16-10-5-4-9-14(16)17-21-23-24-22-17/h4-11,15,19H,3H2,1-2H3,(H,20,25)(H,21,22,23,24)/t15-/m1/s1. The molecule has 0 radical (unpaired) electrons. The summed E-state index contributed by atoms with van der Waals surface area (Å²) in [6.07, 6.45) is 0.618. The van der Waals surface area contributed by atoms with Crippen molar-refractivity contribution in [2.75, 3.05) is 17.7 Å². The summed E-state index contributed by atoms with van der Waals surface area (Å²) in [4.78, 5) is 12.8. The summed E-state index contributed by atoms with van der Waals surface area (Å²) in [5.41, 5.74) is 2.15. The fourth-order valence-electron chi connectivity index (χ4n) is 2.55. The molecular formula is C18H20N6O2. The number of hydrogen-bond acceptors (Lipinski definition) is 6. The lowest BCUT2D eigenvalue weighted by molar-refractivity contribution is -0.116. The van der Waals surface area contributed by atoms with Crippen molar-refractivity contribution >= 4 is 17.3 Å². The maximum absolute atomic E-state index is 12.8. The van der Waals surface area contributed by atoms with Crippen LogP contribution in [0.4, 0.5) is 11.4 Å². The van der Waals surface area contributed by atoms with Gasteiger partial charge < -0.3 is 15.4 Å². The van der Waals surface area contributed by atoms with E-state index < -0.39 is 6.04 Å². The number of amides is 1. The van der Waals surface area contributed by atoms with Crippen LogP contribution in [0.1, 0.15) is 13.3 Å². The fraction of sp³-hybridized carbons (Fsp3) is 0.222. The van der Waals surface area contributed by atoms with Crippen LogP contribution in [-0.4, -0.2) is 39.7 Å². The molecule has 3 aromatic rings. The number of aromatic amines is 1. The number of nitrogens with zero attached hydrogens (tertiary/aromatic N) is 3. The Hall–Kier alpha value is -3.42. The van der Waals surface area contributed by atoms with Gasteiger partial charge >= 0.3 is 0 Å². The van der Waals surface area contributed by atoms with Gasteiger partial charge in [0.15, 0.2) is 0 Å². The Bertz CT molecular complexity index is 866. The van der Waals surface area contributed by atoms with E-state index in [1.165, 1.54) is 0 Å². The van der Waals surface area contributed by atoms with Crippen molar-refractivity contribution in [2.45, 2.75) is 19.4 Å². The maximum Gasteiger partial charge on any atom is 0.246 e. The van der Waals surface area contributed by atoms with E-state index in [1.807, 2.05) is 55.5 Å². The molecule has 0 aliphatic rings. The lowest BCUT2D eigenvalue weighted by atomic mass is 10.1. The second kappa shape index (κ2) is 8.11. The molecular weight excluding hydrogens is 332 g/mol. The normalized spacial score (nSPS) is 11.6. The largest absolute Gasteiger partial charge is 0.497 e. The number of carbonyl (C=O) groups is 1. The average Bonchev–Trinajstić information content (AvgIpc) is 3.21. The lowest BCUT2D eigenvalue weighted by Crippen LogP contribution is -2.34. The summed E-state index contributed by atoms with van der Waals surface area (Å²) in [6, 6.07) is 14.4. The molecule has 0 bridgehead atoms. The van der Waals surface area contributed by atoms with E-state index in [1.54, 1.807) is 7.11 Å². The molecule has 134 valence electrons. The Balaban J connectivity index is 1.76. The van der Waals surface area contributed by atoms with Gasteiger partial charge in [-0.3, -0.25) is 4.79 Å². The van der Waals surface area contributed by atoms with E-state index in [0.717, 1.165) is 11.4 Å². The third-order valence-corrected chi connectivity index (χ3v) is 3.91.